The van der Waals surface area contributed by atoms with Crippen molar-refractivity contribution < 1.29 is 4.42 Å². The molecule has 0 atom stereocenters. The summed E-state index contributed by atoms with van der Waals surface area (Å²) in [7, 11) is 11.2. The molecule has 254 valence electrons. The van der Waals surface area contributed by atoms with Crippen LogP contribution in [0, 0.1) is 0 Å². The van der Waals surface area contributed by atoms with Gasteiger partial charge >= 0.3 is 0 Å². The fraction of sp³-hybridized carbons (Fsp3) is 0. The highest BCUT2D eigenvalue weighted by Gasteiger charge is 2.22. The van der Waals surface area contributed by atoms with Gasteiger partial charge in [0.1, 0.15) is 50.4 Å². The predicted molar refractivity (Wildman–Crippen MR) is 244 cm³/mol. The Morgan fingerprint density at radius 3 is 1.76 bits per heavy atom. The molecule has 0 spiro atoms. The first kappa shape index (κ1) is 33.1. The van der Waals surface area contributed by atoms with Gasteiger partial charge in [-0.1, -0.05) is 126 Å². The highest BCUT2D eigenvalue weighted by Crippen LogP contribution is 2.39. The van der Waals surface area contributed by atoms with Crippen LogP contribution in [0.15, 0.2) is 144 Å². The molecule has 3 heterocycles. The van der Waals surface area contributed by atoms with E-state index in [-0.39, 0.29) is 0 Å². The van der Waals surface area contributed by atoms with E-state index in [1.54, 1.807) is 0 Å². The second-order valence-corrected chi connectivity index (χ2v) is 14.6. The first-order valence-corrected chi connectivity index (χ1v) is 18.8. The molecule has 0 aliphatic rings. The van der Waals surface area contributed by atoms with Gasteiger partial charge in [-0.25, -0.2) is 4.98 Å². The Hall–Kier alpha value is -6.53. The Kier molecular flexibility index (Phi) is 7.70. The highest BCUT2D eigenvalue weighted by atomic mass is 16.3. The van der Waals surface area contributed by atoms with Gasteiger partial charge in [-0.15, -0.1) is 16.4 Å². The van der Waals surface area contributed by atoms with Crippen molar-refractivity contribution in [3.8, 4) is 51.0 Å². The Morgan fingerprint density at radius 2 is 1.02 bits per heavy atom. The van der Waals surface area contributed by atoms with Crippen LogP contribution in [0.1, 0.15) is 0 Å². The Bertz CT molecular complexity index is 3130. The maximum absolute atomic E-state index is 6.65. The van der Waals surface area contributed by atoms with E-state index in [1.165, 1.54) is 43.8 Å². The van der Waals surface area contributed by atoms with E-state index in [0.29, 0.717) is 17.6 Å². The second kappa shape index (κ2) is 12.8. The van der Waals surface area contributed by atoms with Gasteiger partial charge in [-0.05, 0) is 41.0 Å². The minimum absolute atomic E-state index is 0.563. The maximum atomic E-state index is 6.65. The molecule has 55 heavy (non-hydrogen) atoms. The molecule has 0 saturated carbocycles. The van der Waals surface area contributed by atoms with Crippen molar-refractivity contribution in [3.05, 3.63) is 140 Å². The first-order chi connectivity index (χ1) is 26.9. The number of hydrogen-bond acceptors (Lipinski definition) is 4. The zero-order valence-electron chi connectivity index (χ0n) is 31.5. The molecule has 0 aliphatic carbocycles. The zero-order valence-corrected chi connectivity index (χ0v) is 31.5. The minimum atomic E-state index is 0.563. The van der Waals surface area contributed by atoms with Gasteiger partial charge in [0.25, 0.3) is 0 Å². The van der Waals surface area contributed by atoms with Crippen LogP contribution in [0.3, 0.4) is 0 Å². The molecule has 3 aromatic heterocycles. The maximum Gasteiger partial charge on any atom is 0.238 e. The number of aromatic nitrogens is 4. The van der Waals surface area contributed by atoms with Gasteiger partial charge in [0.2, 0.25) is 5.95 Å². The van der Waals surface area contributed by atoms with Gasteiger partial charge in [0, 0.05) is 38.2 Å². The van der Waals surface area contributed by atoms with Crippen LogP contribution in [0.5, 0.6) is 0 Å². The monoisotopic (exact) mass is 700 g/mol. The first-order valence-electron chi connectivity index (χ1n) is 18.8. The van der Waals surface area contributed by atoms with E-state index in [2.05, 4.69) is 147 Å². The van der Waals surface area contributed by atoms with E-state index in [0.717, 1.165) is 60.6 Å². The van der Waals surface area contributed by atoms with Crippen molar-refractivity contribution >= 4 is 110 Å². The fourth-order valence-corrected chi connectivity index (χ4v) is 8.44. The molecule has 10 heteroatoms. The van der Waals surface area contributed by atoms with Crippen LogP contribution in [0.4, 0.5) is 0 Å². The third-order valence-electron chi connectivity index (χ3n) is 11.7. The number of para-hydroxylation sites is 2. The minimum Gasteiger partial charge on any atom is -0.455 e. The molecule has 7 aromatic carbocycles. The summed E-state index contributed by atoms with van der Waals surface area (Å²) in [5.41, 5.74) is 16.9. The number of nitrogens with zero attached hydrogens (tertiary/aromatic N) is 4. The lowest BCUT2D eigenvalue weighted by molar-refractivity contribution is 0.670. The average molecular weight is 700 g/mol. The van der Waals surface area contributed by atoms with Crippen molar-refractivity contribution in [3.63, 3.8) is 0 Å². The van der Waals surface area contributed by atoms with Crippen molar-refractivity contribution in [2.24, 2.45) is 0 Å². The molecule has 5 nitrogen and oxygen atoms in total. The lowest BCUT2D eigenvalue weighted by atomic mass is 9.59. The second-order valence-electron chi connectivity index (χ2n) is 14.6. The smallest absolute Gasteiger partial charge is 0.238 e. The zero-order chi connectivity index (χ0) is 37.4. The number of furan rings is 1. The molecule has 0 bridgehead atoms. The molecule has 0 radical (unpaired) electrons. The van der Waals surface area contributed by atoms with Crippen molar-refractivity contribution in [2.45, 2.75) is 0 Å². The summed E-state index contributed by atoms with van der Waals surface area (Å²) in [5.74, 6) is 1.75. The van der Waals surface area contributed by atoms with Gasteiger partial charge in [0.05, 0.1) is 11.0 Å². The number of rotatable bonds is 5. The summed E-state index contributed by atoms with van der Waals surface area (Å²) in [6.45, 7) is 0. The van der Waals surface area contributed by atoms with E-state index in [1.807, 2.05) is 36.4 Å². The van der Waals surface area contributed by atoms with Crippen LogP contribution in [0.2, 0.25) is 0 Å². The van der Waals surface area contributed by atoms with Crippen LogP contribution in [-0.4, -0.2) is 58.8 Å². The van der Waals surface area contributed by atoms with Gasteiger partial charge < -0.3 is 4.42 Å². The Balaban J connectivity index is 1.22. The van der Waals surface area contributed by atoms with Gasteiger partial charge in [-0.3, -0.25) is 4.57 Å². The van der Waals surface area contributed by atoms with Crippen LogP contribution < -0.4 is 27.3 Å². The fourth-order valence-electron chi connectivity index (χ4n) is 8.44. The highest BCUT2D eigenvalue weighted by molar-refractivity contribution is 6.69. The van der Waals surface area contributed by atoms with Crippen molar-refractivity contribution in [2.75, 3.05) is 0 Å². The molecule has 0 unspecified atom stereocenters. The summed E-state index contributed by atoms with van der Waals surface area (Å²) >= 11 is 0. The number of benzene rings is 7. The Morgan fingerprint density at radius 1 is 0.436 bits per heavy atom. The SMILES string of the molecule is Bc1c(B)c(B)c(-c2cccc3c2c2ccccc2n3-c2nc(-c3ccccc3)nc(-c3ccc4c(c3)oc3c(-c5ccccc5)cccc34)n2)c(B)c1B. The number of hydrogen-bond donors (Lipinski definition) is 0. The predicted octanol–water partition coefficient (Wildman–Crippen LogP) is 2.83. The molecule has 0 fully saturated rings. The molecule has 0 saturated heterocycles. The van der Waals surface area contributed by atoms with Crippen LogP contribution in [-0.2, 0) is 0 Å². The normalized spacial score (nSPS) is 11.6. The van der Waals surface area contributed by atoms with E-state index < -0.39 is 0 Å². The van der Waals surface area contributed by atoms with Crippen molar-refractivity contribution in [1.29, 1.82) is 0 Å². The summed E-state index contributed by atoms with van der Waals surface area (Å²) in [6.07, 6.45) is 0. The van der Waals surface area contributed by atoms with Gasteiger partial charge in [0.15, 0.2) is 11.6 Å². The molecule has 0 amide bonds. The lowest BCUT2D eigenvalue weighted by Crippen LogP contribution is -2.55. The van der Waals surface area contributed by atoms with E-state index in [4.69, 9.17) is 19.4 Å². The quantitative estimate of drug-likeness (QED) is 0.260. The summed E-state index contributed by atoms with van der Waals surface area (Å²) in [5, 5.41) is 4.47. The largest absolute Gasteiger partial charge is 0.455 e. The van der Waals surface area contributed by atoms with Crippen LogP contribution in [0.25, 0.3) is 94.7 Å². The van der Waals surface area contributed by atoms with E-state index in [9.17, 15) is 0 Å². The summed E-state index contributed by atoms with van der Waals surface area (Å²) in [4.78, 5) is 15.6. The standard InChI is InChI=1S/C45H33B5N4O/c46-37-36(38(47)40(49)41(50)39(37)48)31-18-10-20-33-35(31)30-15-7-8-19-32(30)54(33)45-52-43(25-13-5-2-6-14-25)51-44(53-45)26-21-22-28-29-17-9-16-27(24-11-3-1-4-12-24)42(29)55-34(28)23-26/h1-23H,46-50H2. The van der Waals surface area contributed by atoms with E-state index >= 15 is 0 Å². The number of fused-ring (bicyclic) bond motifs is 6. The molecule has 0 aliphatic heterocycles. The topological polar surface area (TPSA) is 56.7 Å². The molecule has 10 rings (SSSR count). The van der Waals surface area contributed by atoms with Crippen LogP contribution >= 0.6 is 0 Å². The molecule has 10 aromatic rings. The molecular weight excluding hydrogens is 667 g/mol. The lowest BCUT2D eigenvalue weighted by Gasteiger charge is -2.21. The summed E-state index contributed by atoms with van der Waals surface area (Å²) in [6, 6.07) is 48.4. The van der Waals surface area contributed by atoms with Crippen molar-refractivity contribution in [1.82, 2.24) is 19.5 Å². The third-order valence-corrected chi connectivity index (χ3v) is 11.7. The Labute approximate surface area is 323 Å². The third kappa shape index (κ3) is 5.19. The average Bonchev–Trinajstić information content (AvgIpc) is 3.79. The molecule has 0 N–H and O–H groups in total. The van der Waals surface area contributed by atoms with Gasteiger partial charge in [-0.2, -0.15) is 9.97 Å². The summed E-state index contributed by atoms with van der Waals surface area (Å²) < 4.78 is 8.86. The molecular formula is C45H33B5N4O.